The molecule has 0 saturated carbocycles. The van der Waals surface area contributed by atoms with Crippen LogP contribution in [0.5, 0.6) is 0 Å². The summed E-state index contributed by atoms with van der Waals surface area (Å²) in [5, 5.41) is 17.6. The maximum Gasteiger partial charge on any atom is 0.295 e. The molecule has 0 atom stereocenters. The number of nitrogens with zero attached hydrogens (tertiary/aromatic N) is 3. The molecular weight excluding hydrogens is 239 g/mol. The Bertz CT molecular complexity index is 582. The first-order valence-corrected chi connectivity index (χ1v) is 5.21. The van der Waals surface area contributed by atoms with Gasteiger partial charge in [-0.25, -0.2) is 4.39 Å². The fourth-order valence-electron chi connectivity index (χ4n) is 1.57. The summed E-state index contributed by atoms with van der Waals surface area (Å²) in [6.45, 7) is 0.389. The Labute approximate surface area is 102 Å². The maximum absolute atomic E-state index is 12.9. The van der Waals surface area contributed by atoms with Crippen molar-refractivity contribution in [2.24, 2.45) is 7.05 Å². The maximum atomic E-state index is 12.9. The molecule has 6 nitrogen and oxygen atoms in total. The highest BCUT2D eigenvalue weighted by atomic mass is 19.1. The molecule has 0 unspecified atom stereocenters. The number of hydrogen-bond acceptors (Lipinski definition) is 4. The Morgan fingerprint density at radius 1 is 1.56 bits per heavy atom. The predicted molar refractivity (Wildman–Crippen MR) is 63.6 cm³/mol. The van der Waals surface area contributed by atoms with Crippen LogP contribution in [0.4, 0.5) is 15.8 Å². The molecule has 0 bridgehead atoms. The van der Waals surface area contributed by atoms with Crippen molar-refractivity contribution in [2.75, 3.05) is 5.32 Å². The molecule has 0 fully saturated rings. The second-order valence-electron chi connectivity index (χ2n) is 3.79. The van der Waals surface area contributed by atoms with Gasteiger partial charge in [-0.1, -0.05) is 0 Å². The van der Waals surface area contributed by atoms with E-state index in [0.717, 1.165) is 11.6 Å². The van der Waals surface area contributed by atoms with Gasteiger partial charge in [0, 0.05) is 25.4 Å². The van der Waals surface area contributed by atoms with E-state index in [-0.39, 0.29) is 11.4 Å². The zero-order valence-electron chi connectivity index (χ0n) is 9.63. The van der Waals surface area contributed by atoms with Crippen LogP contribution >= 0.6 is 0 Å². The van der Waals surface area contributed by atoms with Gasteiger partial charge >= 0.3 is 0 Å². The zero-order chi connectivity index (χ0) is 13.1. The number of nitro benzene ring substituents is 1. The summed E-state index contributed by atoms with van der Waals surface area (Å²) in [7, 11) is 1.78. The molecule has 7 heteroatoms. The molecular formula is C11H11FN4O2. The van der Waals surface area contributed by atoms with E-state index in [1.165, 1.54) is 12.1 Å². The summed E-state index contributed by atoms with van der Waals surface area (Å²) < 4.78 is 14.6. The SMILES string of the molecule is Cn1cc(CNc2ccc(F)cc2[N+](=O)[O-])cn1. The molecule has 2 rings (SSSR count). The molecule has 1 heterocycles. The standard InChI is InChI=1S/C11H11FN4O2/c1-15-7-8(6-14-15)5-13-10-3-2-9(12)4-11(10)16(17)18/h2-4,6-7,13H,5H2,1H3. The highest BCUT2D eigenvalue weighted by Gasteiger charge is 2.14. The minimum Gasteiger partial charge on any atom is -0.375 e. The second kappa shape index (κ2) is 4.82. The van der Waals surface area contributed by atoms with Gasteiger partial charge in [-0.2, -0.15) is 5.10 Å². The molecule has 0 aliphatic carbocycles. The topological polar surface area (TPSA) is 73.0 Å². The number of benzene rings is 1. The van der Waals surface area contributed by atoms with Crippen molar-refractivity contribution >= 4 is 11.4 Å². The van der Waals surface area contributed by atoms with E-state index >= 15 is 0 Å². The smallest absolute Gasteiger partial charge is 0.295 e. The van der Waals surface area contributed by atoms with Crippen molar-refractivity contribution in [1.29, 1.82) is 0 Å². The predicted octanol–water partition coefficient (Wildman–Crippen LogP) is 2.08. The lowest BCUT2D eigenvalue weighted by Crippen LogP contribution is -2.02. The quantitative estimate of drug-likeness (QED) is 0.666. The van der Waals surface area contributed by atoms with E-state index in [2.05, 4.69) is 10.4 Å². The summed E-state index contributed by atoms with van der Waals surface area (Å²) in [6, 6.07) is 3.42. The van der Waals surface area contributed by atoms with Gasteiger partial charge in [0.25, 0.3) is 5.69 Å². The van der Waals surface area contributed by atoms with Gasteiger partial charge in [-0.3, -0.25) is 14.8 Å². The first kappa shape index (κ1) is 12.0. The van der Waals surface area contributed by atoms with Gasteiger partial charge in [0.05, 0.1) is 17.2 Å². The highest BCUT2D eigenvalue weighted by molar-refractivity contribution is 5.61. The minimum atomic E-state index is -0.631. The number of nitrogens with one attached hydrogen (secondary N) is 1. The van der Waals surface area contributed by atoms with E-state index < -0.39 is 10.7 Å². The van der Waals surface area contributed by atoms with Gasteiger partial charge in [-0.15, -0.1) is 0 Å². The van der Waals surface area contributed by atoms with E-state index in [1.807, 2.05) is 0 Å². The number of hydrogen-bond donors (Lipinski definition) is 1. The van der Waals surface area contributed by atoms with Crippen molar-refractivity contribution in [3.8, 4) is 0 Å². The van der Waals surface area contributed by atoms with Crippen molar-refractivity contribution in [2.45, 2.75) is 6.54 Å². The van der Waals surface area contributed by atoms with E-state index in [0.29, 0.717) is 6.54 Å². The van der Waals surface area contributed by atoms with Crippen LogP contribution in [-0.4, -0.2) is 14.7 Å². The molecule has 0 saturated heterocycles. The van der Waals surface area contributed by atoms with Crippen LogP contribution < -0.4 is 5.32 Å². The number of halogens is 1. The summed E-state index contributed by atoms with van der Waals surface area (Å²) >= 11 is 0. The molecule has 1 aromatic heterocycles. The fourth-order valence-corrected chi connectivity index (χ4v) is 1.57. The second-order valence-corrected chi connectivity index (χ2v) is 3.79. The van der Waals surface area contributed by atoms with Crippen LogP contribution in [0.15, 0.2) is 30.6 Å². The molecule has 0 aliphatic heterocycles. The Hall–Kier alpha value is -2.44. The summed E-state index contributed by atoms with van der Waals surface area (Å²) in [4.78, 5) is 10.2. The van der Waals surface area contributed by atoms with Crippen LogP contribution in [0.25, 0.3) is 0 Å². The molecule has 1 N–H and O–H groups in total. The van der Waals surface area contributed by atoms with E-state index in [4.69, 9.17) is 0 Å². The zero-order valence-corrected chi connectivity index (χ0v) is 9.63. The lowest BCUT2D eigenvalue weighted by Gasteiger charge is -2.05. The van der Waals surface area contributed by atoms with E-state index in [9.17, 15) is 14.5 Å². The fraction of sp³-hybridized carbons (Fsp3) is 0.182. The van der Waals surface area contributed by atoms with Gasteiger partial charge in [-0.05, 0) is 12.1 Å². The van der Waals surface area contributed by atoms with Crippen LogP contribution in [0.2, 0.25) is 0 Å². The number of aryl methyl sites for hydroxylation is 1. The molecule has 0 radical (unpaired) electrons. The minimum absolute atomic E-state index is 0.279. The monoisotopic (exact) mass is 250 g/mol. The number of nitro groups is 1. The molecule has 2 aromatic rings. The third kappa shape index (κ3) is 2.62. The Morgan fingerprint density at radius 3 is 2.94 bits per heavy atom. The molecule has 0 spiro atoms. The average molecular weight is 250 g/mol. The van der Waals surface area contributed by atoms with Crippen molar-refractivity contribution in [1.82, 2.24) is 9.78 Å². The Kier molecular flexibility index (Phi) is 3.22. The molecule has 1 aromatic carbocycles. The van der Waals surface area contributed by atoms with Crippen molar-refractivity contribution < 1.29 is 9.31 Å². The van der Waals surface area contributed by atoms with Gasteiger partial charge in [0.15, 0.2) is 0 Å². The van der Waals surface area contributed by atoms with Crippen LogP contribution in [0.1, 0.15) is 5.56 Å². The van der Waals surface area contributed by atoms with Crippen LogP contribution in [-0.2, 0) is 13.6 Å². The van der Waals surface area contributed by atoms with Crippen LogP contribution in [0.3, 0.4) is 0 Å². The van der Waals surface area contributed by atoms with Gasteiger partial charge < -0.3 is 5.32 Å². The Balaban J connectivity index is 2.16. The van der Waals surface area contributed by atoms with Gasteiger partial charge in [0.1, 0.15) is 11.5 Å². The van der Waals surface area contributed by atoms with Crippen molar-refractivity contribution in [3.63, 3.8) is 0 Å². The lowest BCUT2D eigenvalue weighted by molar-refractivity contribution is -0.384. The third-order valence-electron chi connectivity index (χ3n) is 2.40. The highest BCUT2D eigenvalue weighted by Crippen LogP contribution is 2.25. The molecule has 94 valence electrons. The average Bonchev–Trinajstić information content (AvgIpc) is 2.73. The van der Waals surface area contributed by atoms with Crippen molar-refractivity contribution in [3.05, 3.63) is 52.1 Å². The largest absolute Gasteiger partial charge is 0.375 e. The third-order valence-corrected chi connectivity index (χ3v) is 2.40. The molecule has 0 amide bonds. The molecule has 0 aliphatic rings. The Morgan fingerprint density at radius 2 is 2.33 bits per heavy atom. The summed E-state index contributed by atoms with van der Waals surface area (Å²) in [5.41, 5.74) is 0.889. The lowest BCUT2D eigenvalue weighted by atomic mass is 10.2. The van der Waals surface area contributed by atoms with E-state index in [1.54, 1.807) is 24.1 Å². The summed E-state index contributed by atoms with van der Waals surface area (Å²) in [5.74, 6) is -0.631. The normalized spacial score (nSPS) is 10.3. The number of anilines is 1. The first-order valence-electron chi connectivity index (χ1n) is 5.21. The summed E-state index contributed by atoms with van der Waals surface area (Å²) in [6.07, 6.45) is 3.45. The first-order chi connectivity index (χ1) is 8.56. The van der Waals surface area contributed by atoms with Crippen LogP contribution in [0, 0.1) is 15.9 Å². The molecule has 18 heavy (non-hydrogen) atoms. The number of aromatic nitrogens is 2. The van der Waals surface area contributed by atoms with Gasteiger partial charge in [0.2, 0.25) is 0 Å². The number of rotatable bonds is 4.